The van der Waals surface area contributed by atoms with Crippen LogP contribution in [0.15, 0.2) is 18.2 Å². The highest BCUT2D eigenvalue weighted by atomic mass is 16.6. The van der Waals surface area contributed by atoms with Gasteiger partial charge in [-0.1, -0.05) is 0 Å². The Kier molecular flexibility index (Phi) is 3.37. The van der Waals surface area contributed by atoms with E-state index in [1.165, 1.54) is 0 Å². The van der Waals surface area contributed by atoms with Gasteiger partial charge in [0.15, 0.2) is 0 Å². The zero-order chi connectivity index (χ0) is 12.3. The second-order valence-electron chi connectivity index (χ2n) is 3.73. The average Bonchev–Trinajstić information content (AvgIpc) is 2.38. The number of ether oxygens (including phenoxy) is 3. The molecule has 1 aromatic rings. The first kappa shape index (κ1) is 11.6. The number of alkyl carbamates (subject to hydrolysis) is 1. The molecule has 0 spiro atoms. The molecule has 17 heavy (non-hydrogen) atoms. The number of amides is 1. The second-order valence-corrected chi connectivity index (χ2v) is 3.73. The van der Waals surface area contributed by atoms with E-state index in [0.717, 1.165) is 17.7 Å². The molecule has 0 bridgehead atoms. The first-order chi connectivity index (χ1) is 8.24. The third-order valence-electron chi connectivity index (χ3n) is 2.75. The molecule has 1 saturated heterocycles. The molecule has 92 valence electrons. The Hall–Kier alpha value is -1.91. The summed E-state index contributed by atoms with van der Waals surface area (Å²) in [5.74, 6) is 1.43. The van der Waals surface area contributed by atoms with Crippen molar-refractivity contribution < 1.29 is 19.0 Å². The van der Waals surface area contributed by atoms with Crippen molar-refractivity contribution in [3.8, 4) is 11.5 Å². The summed E-state index contributed by atoms with van der Waals surface area (Å²) >= 11 is 0. The highest BCUT2D eigenvalue weighted by Crippen LogP contribution is 2.32. The largest absolute Gasteiger partial charge is 0.497 e. The first-order valence-electron chi connectivity index (χ1n) is 5.40. The zero-order valence-electron chi connectivity index (χ0n) is 9.86. The van der Waals surface area contributed by atoms with Crippen molar-refractivity contribution in [3.05, 3.63) is 23.8 Å². The topological polar surface area (TPSA) is 56.8 Å². The maximum absolute atomic E-state index is 11.2. The summed E-state index contributed by atoms with van der Waals surface area (Å²) in [5, 5.41) is 2.76. The van der Waals surface area contributed by atoms with Crippen LogP contribution in [0, 0.1) is 0 Å². The minimum Gasteiger partial charge on any atom is -0.497 e. The van der Waals surface area contributed by atoms with E-state index < -0.39 is 0 Å². The van der Waals surface area contributed by atoms with E-state index in [1.807, 2.05) is 12.1 Å². The summed E-state index contributed by atoms with van der Waals surface area (Å²) in [6, 6.07) is 5.47. The minimum absolute atomic E-state index is 0.0721. The van der Waals surface area contributed by atoms with Gasteiger partial charge < -0.3 is 19.5 Å². The van der Waals surface area contributed by atoms with Crippen LogP contribution < -0.4 is 14.8 Å². The lowest BCUT2D eigenvalue weighted by Crippen LogP contribution is -2.35. The lowest BCUT2D eigenvalue weighted by Gasteiger charge is -2.25. The molecule has 0 radical (unpaired) electrons. The fraction of sp³-hybridized carbons (Fsp3) is 0.417. The maximum atomic E-state index is 11.2. The molecule has 1 fully saturated rings. The summed E-state index contributed by atoms with van der Waals surface area (Å²) in [5.41, 5.74) is 0.935. The van der Waals surface area contributed by atoms with E-state index in [2.05, 4.69) is 5.32 Å². The van der Waals surface area contributed by atoms with Gasteiger partial charge in [0.05, 0.1) is 26.9 Å². The average molecular weight is 237 g/mol. The molecule has 5 nitrogen and oxygen atoms in total. The van der Waals surface area contributed by atoms with Gasteiger partial charge in [-0.2, -0.15) is 0 Å². The molecular weight excluding hydrogens is 222 g/mol. The molecule has 1 atom stereocenters. The molecule has 0 saturated carbocycles. The van der Waals surface area contributed by atoms with Gasteiger partial charge in [0.2, 0.25) is 0 Å². The number of rotatable bonds is 3. The quantitative estimate of drug-likeness (QED) is 0.872. The van der Waals surface area contributed by atoms with Gasteiger partial charge in [-0.25, -0.2) is 4.79 Å². The Bertz CT molecular complexity index is 419. The van der Waals surface area contributed by atoms with E-state index in [9.17, 15) is 4.79 Å². The van der Waals surface area contributed by atoms with Crippen molar-refractivity contribution in [2.45, 2.75) is 12.5 Å². The van der Waals surface area contributed by atoms with Crippen LogP contribution in [0.1, 0.15) is 18.0 Å². The van der Waals surface area contributed by atoms with Crippen LogP contribution in [0.25, 0.3) is 0 Å². The molecule has 1 amide bonds. The van der Waals surface area contributed by atoms with Gasteiger partial charge in [-0.15, -0.1) is 0 Å². The predicted molar refractivity (Wildman–Crippen MR) is 61.4 cm³/mol. The molecule has 0 aliphatic carbocycles. The van der Waals surface area contributed by atoms with E-state index in [4.69, 9.17) is 14.2 Å². The van der Waals surface area contributed by atoms with Crippen molar-refractivity contribution in [2.24, 2.45) is 0 Å². The highest BCUT2D eigenvalue weighted by Gasteiger charge is 2.23. The molecule has 5 heteroatoms. The van der Waals surface area contributed by atoms with Gasteiger partial charge in [0, 0.05) is 18.1 Å². The molecular formula is C12H15NO4. The summed E-state index contributed by atoms with van der Waals surface area (Å²) in [7, 11) is 3.20. The Balaban J connectivity index is 2.27. The molecule has 1 N–H and O–H groups in total. The van der Waals surface area contributed by atoms with Crippen molar-refractivity contribution >= 4 is 6.09 Å². The van der Waals surface area contributed by atoms with Crippen LogP contribution in [0.5, 0.6) is 11.5 Å². The standard InChI is InChI=1S/C12H15NO4/c1-15-8-3-4-9(11(7-8)16-2)10-5-6-17-12(14)13-10/h3-4,7,10H,5-6H2,1-2H3,(H,13,14)/t10-/m1/s1. The zero-order valence-corrected chi connectivity index (χ0v) is 9.86. The Morgan fingerprint density at radius 2 is 2.18 bits per heavy atom. The van der Waals surface area contributed by atoms with Crippen LogP contribution in [-0.2, 0) is 4.74 Å². The van der Waals surface area contributed by atoms with Crippen LogP contribution in [-0.4, -0.2) is 26.9 Å². The van der Waals surface area contributed by atoms with Crippen molar-refractivity contribution in [2.75, 3.05) is 20.8 Å². The summed E-state index contributed by atoms with van der Waals surface area (Å²) in [6.45, 7) is 0.422. The highest BCUT2D eigenvalue weighted by molar-refractivity contribution is 5.69. The van der Waals surface area contributed by atoms with E-state index in [0.29, 0.717) is 12.4 Å². The Morgan fingerprint density at radius 1 is 1.35 bits per heavy atom. The van der Waals surface area contributed by atoms with Crippen molar-refractivity contribution in [1.29, 1.82) is 0 Å². The normalized spacial score (nSPS) is 19.2. The monoisotopic (exact) mass is 237 g/mol. The third kappa shape index (κ3) is 2.43. The summed E-state index contributed by atoms with van der Waals surface area (Å²) < 4.78 is 15.3. The minimum atomic E-state index is -0.390. The number of benzene rings is 1. The fourth-order valence-electron chi connectivity index (χ4n) is 1.87. The maximum Gasteiger partial charge on any atom is 0.407 e. The molecule has 2 rings (SSSR count). The predicted octanol–water partition coefficient (Wildman–Crippen LogP) is 1.87. The number of nitrogens with one attached hydrogen (secondary N) is 1. The van der Waals surface area contributed by atoms with E-state index >= 15 is 0 Å². The molecule has 1 aliphatic heterocycles. The summed E-state index contributed by atoms with van der Waals surface area (Å²) in [4.78, 5) is 11.2. The summed E-state index contributed by atoms with van der Waals surface area (Å²) in [6.07, 6.45) is 0.341. The molecule has 1 aliphatic rings. The van der Waals surface area contributed by atoms with Gasteiger partial charge >= 0.3 is 6.09 Å². The SMILES string of the molecule is COc1ccc([C@H]2CCOC(=O)N2)c(OC)c1. The van der Waals surface area contributed by atoms with Crippen molar-refractivity contribution in [1.82, 2.24) is 5.32 Å². The number of hydrogen-bond acceptors (Lipinski definition) is 4. The Labute approximate surface area is 99.7 Å². The van der Waals surface area contributed by atoms with Gasteiger partial charge in [0.25, 0.3) is 0 Å². The smallest absolute Gasteiger partial charge is 0.407 e. The molecule has 1 heterocycles. The lowest BCUT2D eigenvalue weighted by atomic mass is 10.0. The van der Waals surface area contributed by atoms with E-state index in [1.54, 1.807) is 20.3 Å². The number of methoxy groups -OCH3 is 2. The molecule has 1 aromatic carbocycles. The number of hydrogen-bond donors (Lipinski definition) is 1. The van der Waals surface area contributed by atoms with Gasteiger partial charge in [0.1, 0.15) is 11.5 Å². The van der Waals surface area contributed by atoms with Crippen LogP contribution in [0.4, 0.5) is 4.79 Å². The third-order valence-corrected chi connectivity index (χ3v) is 2.75. The van der Waals surface area contributed by atoms with Gasteiger partial charge in [-0.05, 0) is 12.1 Å². The van der Waals surface area contributed by atoms with Gasteiger partial charge in [-0.3, -0.25) is 0 Å². The molecule has 0 unspecified atom stereocenters. The second kappa shape index (κ2) is 4.95. The number of cyclic esters (lactones) is 1. The molecule has 0 aromatic heterocycles. The van der Waals surface area contributed by atoms with Crippen LogP contribution >= 0.6 is 0 Å². The lowest BCUT2D eigenvalue weighted by molar-refractivity contribution is 0.115. The number of carbonyl (C=O) groups is 1. The Morgan fingerprint density at radius 3 is 2.82 bits per heavy atom. The van der Waals surface area contributed by atoms with E-state index in [-0.39, 0.29) is 12.1 Å². The first-order valence-corrected chi connectivity index (χ1v) is 5.40. The fourth-order valence-corrected chi connectivity index (χ4v) is 1.87. The van der Waals surface area contributed by atoms with Crippen LogP contribution in [0.3, 0.4) is 0 Å². The van der Waals surface area contributed by atoms with Crippen molar-refractivity contribution in [3.63, 3.8) is 0 Å². The number of carbonyl (C=O) groups excluding carboxylic acids is 1. The van der Waals surface area contributed by atoms with Crippen LogP contribution in [0.2, 0.25) is 0 Å².